The molecule has 0 radical (unpaired) electrons. The van der Waals surface area contributed by atoms with Crippen molar-refractivity contribution in [3.63, 3.8) is 0 Å². The number of methoxy groups -OCH3 is 1. The molecule has 2 heterocycles. The van der Waals surface area contributed by atoms with Gasteiger partial charge >= 0.3 is 0 Å². The van der Waals surface area contributed by atoms with Gasteiger partial charge in [-0.05, 0) is 37.1 Å². The van der Waals surface area contributed by atoms with Crippen molar-refractivity contribution >= 4 is 5.69 Å². The van der Waals surface area contributed by atoms with Crippen LogP contribution < -0.4 is 9.80 Å². The number of nitrogens with zero attached hydrogens (tertiary/aromatic N) is 1. The molecule has 3 nitrogen and oxygen atoms in total. The Labute approximate surface area is 95.2 Å². The Morgan fingerprint density at radius 1 is 1.19 bits per heavy atom. The van der Waals surface area contributed by atoms with Crippen molar-refractivity contribution in [1.82, 2.24) is 0 Å². The summed E-state index contributed by atoms with van der Waals surface area (Å²) in [5, 5.41) is 2.01. The summed E-state index contributed by atoms with van der Waals surface area (Å²) in [4.78, 5) is 5.85. The predicted octanol–water partition coefficient (Wildman–Crippen LogP) is 2.53. The van der Waals surface area contributed by atoms with Crippen molar-refractivity contribution in [2.75, 3.05) is 12.2 Å². The molecule has 3 heteroatoms. The third-order valence-corrected chi connectivity index (χ3v) is 3.17. The summed E-state index contributed by atoms with van der Waals surface area (Å²) in [6.07, 6.45) is 6.96. The second kappa shape index (κ2) is 3.83. The van der Waals surface area contributed by atoms with Crippen LogP contribution in [0.5, 0.6) is 5.75 Å². The highest BCUT2D eigenvalue weighted by Gasteiger charge is 2.31. The zero-order chi connectivity index (χ0) is 11.0. The van der Waals surface area contributed by atoms with Crippen molar-refractivity contribution in [3.05, 3.63) is 36.4 Å². The van der Waals surface area contributed by atoms with Crippen molar-refractivity contribution in [2.45, 2.75) is 25.0 Å². The van der Waals surface area contributed by atoms with Gasteiger partial charge in [-0.3, -0.25) is 4.84 Å². The van der Waals surface area contributed by atoms with Gasteiger partial charge in [0, 0.05) is 0 Å². The fraction of sp³-hybridized carbons (Fsp3) is 0.385. The van der Waals surface area contributed by atoms with E-state index in [0.29, 0.717) is 6.04 Å². The van der Waals surface area contributed by atoms with E-state index < -0.39 is 0 Å². The van der Waals surface area contributed by atoms with Crippen molar-refractivity contribution in [3.8, 4) is 5.75 Å². The topological polar surface area (TPSA) is 21.7 Å². The molecule has 84 valence electrons. The van der Waals surface area contributed by atoms with Crippen molar-refractivity contribution in [2.24, 2.45) is 0 Å². The van der Waals surface area contributed by atoms with E-state index >= 15 is 0 Å². The van der Waals surface area contributed by atoms with Gasteiger partial charge in [0.1, 0.15) is 11.9 Å². The highest BCUT2D eigenvalue weighted by molar-refractivity contribution is 5.49. The summed E-state index contributed by atoms with van der Waals surface area (Å²) < 4.78 is 5.15. The Hall–Kier alpha value is -1.48. The van der Waals surface area contributed by atoms with Gasteiger partial charge in [0.05, 0.1) is 18.8 Å². The fourth-order valence-corrected chi connectivity index (χ4v) is 2.27. The first-order valence-electron chi connectivity index (χ1n) is 5.65. The number of hydrogen-bond donors (Lipinski definition) is 0. The molecular weight excluding hydrogens is 202 g/mol. The number of ether oxygens (including phenoxy) is 1. The quantitative estimate of drug-likeness (QED) is 0.710. The normalized spacial score (nSPS) is 27.2. The Morgan fingerprint density at radius 3 is 2.50 bits per heavy atom. The fourth-order valence-electron chi connectivity index (χ4n) is 2.27. The van der Waals surface area contributed by atoms with E-state index in [0.717, 1.165) is 17.9 Å². The Bertz CT molecular complexity index is 399. The van der Waals surface area contributed by atoms with Crippen LogP contribution >= 0.6 is 0 Å². The minimum absolute atomic E-state index is 0.257. The molecule has 2 bridgehead atoms. The maximum absolute atomic E-state index is 5.85. The molecular formula is C13H15NO2. The number of benzene rings is 1. The van der Waals surface area contributed by atoms with Crippen LogP contribution in [0, 0.1) is 0 Å². The second-order valence-corrected chi connectivity index (χ2v) is 4.20. The van der Waals surface area contributed by atoms with Gasteiger partial charge < -0.3 is 4.74 Å². The molecule has 0 amide bonds. The SMILES string of the molecule is COc1ccc(N2O[C@H]3C=C[C@@H]2CC3)cc1. The van der Waals surface area contributed by atoms with E-state index in [1.54, 1.807) is 7.11 Å². The molecule has 3 aliphatic rings. The van der Waals surface area contributed by atoms with E-state index in [1.807, 2.05) is 29.3 Å². The van der Waals surface area contributed by atoms with Gasteiger partial charge in [-0.2, -0.15) is 0 Å². The molecule has 1 saturated heterocycles. The van der Waals surface area contributed by atoms with Gasteiger partial charge in [0.15, 0.2) is 0 Å². The van der Waals surface area contributed by atoms with E-state index in [2.05, 4.69) is 12.2 Å². The molecule has 1 aliphatic carbocycles. The van der Waals surface area contributed by atoms with E-state index in [1.165, 1.54) is 6.42 Å². The van der Waals surface area contributed by atoms with Crippen molar-refractivity contribution < 1.29 is 9.57 Å². The number of hydroxylamine groups is 1. The number of rotatable bonds is 2. The molecule has 0 saturated carbocycles. The van der Waals surface area contributed by atoms with Crippen LogP contribution in [0.15, 0.2) is 36.4 Å². The molecule has 1 fully saturated rings. The lowest BCUT2D eigenvalue weighted by molar-refractivity contribution is 0.00352. The van der Waals surface area contributed by atoms with Crippen LogP contribution in [-0.4, -0.2) is 19.3 Å². The second-order valence-electron chi connectivity index (χ2n) is 4.20. The highest BCUT2D eigenvalue weighted by atomic mass is 16.7. The van der Waals surface area contributed by atoms with Gasteiger partial charge in [0.2, 0.25) is 0 Å². The Morgan fingerprint density at radius 2 is 2.00 bits per heavy atom. The first-order chi connectivity index (χ1) is 7.86. The number of anilines is 1. The third kappa shape index (κ3) is 1.57. The molecule has 4 rings (SSSR count). The minimum atomic E-state index is 0.257. The van der Waals surface area contributed by atoms with Gasteiger partial charge in [0.25, 0.3) is 0 Å². The Balaban J connectivity index is 1.84. The predicted molar refractivity (Wildman–Crippen MR) is 62.5 cm³/mol. The monoisotopic (exact) mass is 217 g/mol. The summed E-state index contributed by atoms with van der Waals surface area (Å²) >= 11 is 0. The number of fused-ring (bicyclic) bond motifs is 2. The first kappa shape index (κ1) is 9.73. The zero-order valence-corrected chi connectivity index (χ0v) is 9.30. The molecule has 0 N–H and O–H groups in total. The third-order valence-electron chi connectivity index (χ3n) is 3.17. The molecule has 0 aromatic heterocycles. The summed E-state index contributed by atoms with van der Waals surface area (Å²) in [6, 6.07) is 8.38. The smallest absolute Gasteiger partial charge is 0.119 e. The molecule has 1 aromatic carbocycles. The summed E-state index contributed by atoms with van der Waals surface area (Å²) in [5.74, 6) is 0.876. The number of hydrogen-bond acceptors (Lipinski definition) is 3. The lowest BCUT2D eigenvalue weighted by Crippen LogP contribution is -2.45. The maximum Gasteiger partial charge on any atom is 0.119 e. The minimum Gasteiger partial charge on any atom is -0.497 e. The summed E-state index contributed by atoms with van der Waals surface area (Å²) in [5.41, 5.74) is 1.10. The standard InChI is InChI=1S/C13H15NO2/c1-15-12-6-2-10(3-7-12)14-11-4-8-13(16-14)9-5-11/h2-4,6-8,11,13H,5,9H2,1H3/t11-,13+/m1/s1. The average molecular weight is 217 g/mol. The molecule has 1 aromatic rings. The highest BCUT2D eigenvalue weighted by Crippen LogP contribution is 2.32. The maximum atomic E-state index is 5.85. The van der Waals surface area contributed by atoms with Crippen LogP contribution in [0.25, 0.3) is 0 Å². The van der Waals surface area contributed by atoms with Gasteiger partial charge in [-0.1, -0.05) is 12.2 Å². The van der Waals surface area contributed by atoms with Crippen LogP contribution in [0.3, 0.4) is 0 Å². The molecule has 16 heavy (non-hydrogen) atoms. The average Bonchev–Trinajstić information content (AvgIpc) is 2.40. The summed E-state index contributed by atoms with van der Waals surface area (Å²) in [7, 11) is 1.68. The van der Waals surface area contributed by atoms with Crippen LogP contribution in [0.1, 0.15) is 12.8 Å². The largest absolute Gasteiger partial charge is 0.497 e. The van der Waals surface area contributed by atoms with Gasteiger partial charge in [-0.15, -0.1) is 0 Å². The lowest BCUT2D eigenvalue weighted by Gasteiger charge is -2.41. The van der Waals surface area contributed by atoms with Gasteiger partial charge in [-0.25, -0.2) is 5.06 Å². The zero-order valence-electron chi connectivity index (χ0n) is 9.30. The van der Waals surface area contributed by atoms with Crippen molar-refractivity contribution in [1.29, 1.82) is 0 Å². The van der Waals surface area contributed by atoms with E-state index in [4.69, 9.17) is 9.57 Å². The van der Waals surface area contributed by atoms with Crippen LogP contribution in [0.4, 0.5) is 5.69 Å². The Kier molecular flexibility index (Phi) is 2.33. The first-order valence-corrected chi connectivity index (χ1v) is 5.65. The lowest BCUT2D eigenvalue weighted by atomic mass is 9.98. The molecule has 0 unspecified atom stereocenters. The van der Waals surface area contributed by atoms with Crippen LogP contribution in [-0.2, 0) is 4.84 Å². The van der Waals surface area contributed by atoms with E-state index in [9.17, 15) is 0 Å². The van der Waals surface area contributed by atoms with E-state index in [-0.39, 0.29) is 6.10 Å². The summed E-state index contributed by atoms with van der Waals surface area (Å²) in [6.45, 7) is 0. The van der Waals surface area contributed by atoms with Crippen LogP contribution in [0.2, 0.25) is 0 Å². The molecule has 2 aliphatic heterocycles. The molecule has 2 atom stereocenters. The molecule has 0 spiro atoms.